The Balaban J connectivity index is 2.34. The average molecular weight is 380 g/mol. The zero-order chi connectivity index (χ0) is 20.5. The van der Waals surface area contributed by atoms with Crippen LogP contribution in [0.25, 0.3) is 0 Å². The number of nitrogens with one attached hydrogen (secondary N) is 1. The minimum atomic E-state index is -0.505. The van der Waals surface area contributed by atoms with Crippen LogP contribution in [-0.2, 0) is 24.3 Å². The monoisotopic (exact) mass is 380 g/mol. The summed E-state index contributed by atoms with van der Waals surface area (Å²) in [6.07, 6.45) is 0.966. The van der Waals surface area contributed by atoms with E-state index < -0.39 is 5.69 Å². The molecule has 1 aromatic carbocycles. The summed E-state index contributed by atoms with van der Waals surface area (Å²) >= 11 is 0. The van der Waals surface area contributed by atoms with Crippen LogP contribution in [0.1, 0.15) is 34.9 Å². The number of ether oxygens (including phenoxy) is 1. The van der Waals surface area contributed by atoms with Gasteiger partial charge >= 0.3 is 5.69 Å². The molecule has 28 heavy (non-hydrogen) atoms. The molecule has 6 heteroatoms. The molecule has 0 saturated carbocycles. The highest BCUT2D eigenvalue weighted by Gasteiger charge is 2.14. The van der Waals surface area contributed by atoms with Crippen LogP contribution in [0.15, 0.2) is 27.8 Å². The lowest BCUT2D eigenvalue weighted by atomic mass is 10.0. The molecule has 0 fully saturated rings. The summed E-state index contributed by atoms with van der Waals surface area (Å²) in [5.41, 5.74) is 3.64. The van der Waals surface area contributed by atoms with Crippen molar-refractivity contribution in [2.75, 3.05) is 13.2 Å². The van der Waals surface area contributed by atoms with E-state index in [0.717, 1.165) is 16.7 Å². The minimum absolute atomic E-state index is 0.0230. The Labute approximate surface area is 164 Å². The van der Waals surface area contributed by atoms with E-state index in [4.69, 9.17) is 9.84 Å². The van der Waals surface area contributed by atoms with Gasteiger partial charge in [0.15, 0.2) is 0 Å². The van der Waals surface area contributed by atoms with Crippen molar-refractivity contribution in [1.29, 1.82) is 0 Å². The SMILES string of the molecule is CCc1c(Cc2cc(C)cc(C)c2)n(COCC#CC#CCO)c(=O)[nH]c1=O. The highest BCUT2D eigenvalue weighted by molar-refractivity contribution is 5.33. The summed E-state index contributed by atoms with van der Waals surface area (Å²) in [5.74, 6) is 10.1. The summed E-state index contributed by atoms with van der Waals surface area (Å²) in [6, 6.07) is 6.18. The molecule has 2 aromatic rings. The molecule has 0 unspecified atom stereocenters. The van der Waals surface area contributed by atoms with Crippen LogP contribution in [0.5, 0.6) is 0 Å². The van der Waals surface area contributed by atoms with E-state index in [1.54, 1.807) is 0 Å². The molecule has 2 rings (SSSR count). The van der Waals surface area contributed by atoms with E-state index in [1.807, 2.05) is 20.8 Å². The molecule has 6 nitrogen and oxygen atoms in total. The summed E-state index contributed by atoms with van der Waals surface area (Å²) < 4.78 is 6.93. The molecule has 0 aliphatic heterocycles. The van der Waals surface area contributed by atoms with Gasteiger partial charge in [0, 0.05) is 17.7 Å². The number of rotatable bonds is 6. The number of benzene rings is 1. The standard InChI is InChI=1S/C22H24N2O4/c1-4-19-20(14-18-12-16(2)11-17(3)13-18)24(22(27)23-21(19)26)15-28-10-8-6-5-7-9-25/h11-13,25H,4,9-10,14-15H2,1-3H3,(H,23,26,27). The number of aromatic nitrogens is 2. The van der Waals surface area contributed by atoms with Crippen LogP contribution < -0.4 is 11.2 Å². The number of aromatic amines is 1. The third kappa shape index (κ3) is 5.72. The number of hydrogen-bond donors (Lipinski definition) is 2. The van der Waals surface area contributed by atoms with Gasteiger partial charge < -0.3 is 9.84 Å². The smallest absolute Gasteiger partial charge is 0.330 e. The number of aliphatic hydroxyl groups is 1. The molecule has 0 radical (unpaired) electrons. The van der Waals surface area contributed by atoms with Crippen molar-refractivity contribution in [3.63, 3.8) is 0 Å². The van der Waals surface area contributed by atoms with Crippen molar-refractivity contribution in [3.05, 3.63) is 67.0 Å². The van der Waals surface area contributed by atoms with E-state index in [0.29, 0.717) is 24.1 Å². The molecule has 2 N–H and O–H groups in total. The first-order chi connectivity index (χ1) is 13.5. The molecule has 1 aromatic heterocycles. The highest BCUT2D eigenvalue weighted by Crippen LogP contribution is 2.15. The fourth-order valence-corrected chi connectivity index (χ4v) is 3.08. The van der Waals surface area contributed by atoms with Gasteiger partial charge in [0.05, 0.1) is 0 Å². The van der Waals surface area contributed by atoms with E-state index in [2.05, 4.69) is 46.9 Å². The topological polar surface area (TPSA) is 84.3 Å². The Morgan fingerprint density at radius 2 is 1.79 bits per heavy atom. The van der Waals surface area contributed by atoms with Crippen molar-refractivity contribution in [2.24, 2.45) is 0 Å². The summed E-state index contributed by atoms with van der Waals surface area (Å²) in [7, 11) is 0. The van der Waals surface area contributed by atoms with Crippen LogP contribution in [0.3, 0.4) is 0 Å². The molecule has 0 atom stereocenters. The maximum atomic E-state index is 12.4. The summed E-state index contributed by atoms with van der Waals surface area (Å²) in [4.78, 5) is 27.0. The first kappa shape index (κ1) is 21.2. The maximum Gasteiger partial charge on any atom is 0.330 e. The lowest BCUT2D eigenvalue weighted by Crippen LogP contribution is -2.36. The molecule has 0 bridgehead atoms. The van der Waals surface area contributed by atoms with Gasteiger partial charge in [0.2, 0.25) is 0 Å². The minimum Gasteiger partial charge on any atom is -0.384 e. The Kier molecular flexibility index (Phi) is 7.83. The van der Waals surface area contributed by atoms with E-state index in [1.165, 1.54) is 4.57 Å². The van der Waals surface area contributed by atoms with E-state index in [9.17, 15) is 9.59 Å². The molecule has 0 saturated heterocycles. The Morgan fingerprint density at radius 1 is 1.11 bits per heavy atom. The average Bonchev–Trinajstić information content (AvgIpc) is 2.62. The van der Waals surface area contributed by atoms with E-state index in [-0.39, 0.29) is 25.5 Å². The van der Waals surface area contributed by atoms with Gasteiger partial charge in [-0.15, -0.1) is 0 Å². The molecular weight excluding hydrogens is 356 g/mol. The number of H-pyrrole nitrogens is 1. The van der Waals surface area contributed by atoms with Gasteiger partial charge in [0.1, 0.15) is 19.9 Å². The van der Waals surface area contributed by atoms with Crippen LogP contribution >= 0.6 is 0 Å². The second-order valence-corrected chi connectivity index (χ2v) is 6.38. The zero-order valence-corrected chi connectivity index (χ0v) is 16.4. The molecule has 0 amide bonds. The van der Waals surface area contributed by atoms with Gasteiger partial charge in [-0.2, -0.15) is 0 Å². The van der Waals surface area contributed by atoms with Gasteiger partial charge in [0.25, 0.3) is 5.56 Å². The number of aliphatic hydroxyl groups excluding tert-OH is 1. The van der Waals surface area contributed by atoms with E-state index >= 15 is 0 Å². The zero-order valence-electron chi connectivity index (χ0n) is 16.4. The van der Waals surface area contributed by atoms with Crippen molar-refractivity contribution in [3.8, 4) is 23.7 Å². The van der Waals surface area contributed by atoms with Crippen molar-refractivity contribution >= 4 is 0 Å². The van der Waals surface area contributed by atoms with Crippen molar-refractivity contribution in [1.82, 2.24) is 9.55 Å². The first-order valence-corrected chi connectivity index (χ1v) is 9.02. The predicted octanol–water partition coefficient (Wildman–Crippen LogP) is 1.28. The second kappa shape index (κ2) is 10.3. The molecular formula is C22H24N2O4. The van der Waals surface area contributed by atoms with Gasteiger partial charge in [-0.05, 0) is 37.7 Å². The first-order valence-electron chi connectivity index (χ1n) is 9.02. The predicted molar refractivity (Wildman–Crippen MR) is 108 cm³/mol. The fraction of sp³-hybridized carbons (Fsp3) is 0.364. The fourth-order valence-electron chi connectivity index (χ4n) is 3.08. The summed E-state index contributed by atoms with van der Waals surface area (Å²) in [5, 5.41) is 8.57. The third-order valence-corrected chi connectivity index (χ3v) is 4.13. The van der Waals surface area contributed by atoms with Gasteiger partial charge in [-0.1, -0.05) is 48.1 Å². The van der Waals surface area contributed by atoms with Crippen molar-refractivity contribution in [2.45, 2.75) is 40.3 Å². The number of hydrogen-bond acceptors (Lipinski definition) is 4. The maximum absolute atomic E-state index is 12.4. The lowest BCUT2D eigenvalue weighted by Gasteiger charge is -2.16. The van der Waals surface area contributed by atoms with Crippen LogP contribution in [0, 0.1) is 37.5 Å². The quantitative estimate of drug-likeness (QED) is 0.584. The third-order valence-electron chi connectivity index (χ3n) is 4.13. The molecule has 0 aliphatic carbocycles. The van der Waals surface area contributed by atoms with Crippen molar-refractivity contribution < 1.29 is 9.84 Å². The Bertz CT molecular complexity index is 1050. The molecule has 0 aliphatic rings. The number of aryl methyl sites for hydroxylation is 2. The van der Waals surface area contributed by atoms with Gasteiger partial charge in [-0.3, -0.25) is 14.3 Å². The lowest BCUT2D eigenvalue weighted by molar-refractivity contribution is 0.0980. The van der Waals surface area contributed by atoms with Crippen LogP contribution in [-0.4, -0.2) is 27.9 Å². The Morgan fingerprint density at radius 3 is 2.43 bits per heavy atom. The molecule has 0 spiro atoms. The highest BCUT2D eigenvalue weighted by atomic mass is 16.5. The molecule has 1 heterocycles. The van der Waals surface area contributed by atoms with Crippen LogP contribution in [0.2, 0.25) is 0 Å². The number of nitrogens with zero attached hydrogens (tertiary/aromatic N) is 1. The summed E-state index contributed by atoms with van der Waals surface area (Å²) in [6.45, 7) is 5.73. The van der Waals surface area contributed by atoms with Crippen LogP contribution in [0.4, 0.5) is 0 Å². The Hall–Kier alpha value is -3.06. The normalized spacial score (nSPS) is 10.0. The van der Waals surface area contributed by atoms with Gasteiger partial charge in [-0.25, -0.2) is 4.79 Å². The second-order valence-electron chi connectivity index (χ2n) is 6.38. The largest absolute Gasteiger partial charge is 0.384 e. The molecule has 146 valence electrons.